The lowest BCUT2D eigenvalue weighted by Crippen LogP contribution is -2.50. The molecule has 1 aliphatic heterocycles. The van der Waals surface area contributed by atoms with Crippen molar-refractivity contribution in [3.05, 3.63) is 53.4 Å². The molecule has 0 radical (unpaired) electrons. The van der Waals surface area contributed by atoms with Crippen LogP contribution in [-0.2, 0) is 16.1 Å². The number of para-hydroxylation sites is 1. The number of likely N-dealkylation sites (N-methyl/N-ethyl adjacent to an activating group) is 1. The molecule has 0 aliphatic carbocycles. The molecule has 0 atom stereocenters. The number of anilines is 1. The van der Waals surface area contributed by atoms with Crippen molar-refractivity contribution in [3.8, 4) is 0 Å². The van der Waals surface area contributed by atoms with Crippen molar-refractivity contribution in [1.82, 2.24) is 15.1 Å². The zero-order valence-corrected chi connectivity index (χ0v) is 16.7. The Hall–Kier alpha value is -2.51. The van der Waals surface area contributed by atoms with E-state index in [1.807, 2.05) is 24.3 Å². The third kappa shape index (κ3) is 5.50. The van der Waals surface area contributed by atoms with Crippen molar-refractivity contribution in [2.45, 2.75) is 6.54 Å². The van der Waals surface area contributed by atoms with E-state index in [0.29, 0.717) is 18.8 Å². The van der Waals surface area contributed by atoms with Crippen LogP contribution in [0.4, 0.5) is 5.69 Å². The van der Waals surface area contributed by atoms with Crippen molar-refractivity contribution in [1.29, 1.82) is 0 Å². The number of nitrogens with zero attached hydrogens (tertiary/aromatic N) is 3. The van der Waals surface area contributed by atoms with Gasteiger partial charge in [0, 0.05) is 33.2 Å². The molecule has 2 aromatic rings. The molecule has 0 unspecified atom stereocenters. The summed E-state index contributed by atoms with van der Waals surface area (Å²) in [6.45, 7) is 3.81. The van der Waals surface area contributed by atoms with E-state index in [9.17, 15) is 9.59 Å². The van der Waals surface area contributed by atoms with Crippen LogP contribution in [0.15, 0.2) is 47.1 Å². The molecule has 3 rings (SSSR count). The molecular weight excluding hydrogens is 380 g/mol. The van der Waals surface area contributed by atoms with E-state index in [0.717, 1.165) is 36.9 Å². The molecule has 1 aromatic carbocycles. The van der Waals surface area contributed by atoms with Crippen LogP contribution in [0.2, 0.25) is 5.02 Å². The van der Waals surface area contributed by atoms with Gasteiger partial charge in [-0.15, -0.1) is 0 Å². The predicted molar refractivity (Wildman–Crippen MR) is 108 cm³/mol. The highest BCUT2D eigenvalue weighted by atomic mass is 35.5. The maximum atomic E-state index is 12.4. The Kier molecular flexibility index (Phi) is 6.95. The highest BCUT2D eigenvalue weighted by molar-refractivity contribution is 6.33. The van der Waals surface area contributed by atoms with Crippen molar-refractivity contribution >= 4 is 29.1 Å². The van der Waals surface area contributed by atoms with E-state index in [-0.39, 0.29) is 18.4 Å². The van der Waals surface area contributed by atoms with Gasteiger partial charge >= 0.3 is 0 Å². The Balaban J connectivity index is 1.40. The van der Waals surface area contributed by atoms with Gasteiger partial charge in [0.1, 0.15) is 5.76 Å². The Morgan fingerprint density at radius 1 is 1.14 bits per heavy atom. The quantitative estimate of drug-likeness (QED) is 0.762. The van der Waals surface area contributed by atoms with Gasteiger partial charge in [-0.1, -0.05) is 23.7 Å². The summed E-state index contributed by atoms with van der Waals surface area (Å²) in [5, 5.41) is 3.49. The van der Waals surface area contributed by atoms with E-state index in [1.165, 1.54) is 4.90 Å². The maximum Gasteiger partial charge on any atom is 0.239 e. The Bertz CT molecular complexity index is 789. The summed E-state index contributed by atoms with van der Waals surface area (Å²) in [4.78, 5) is 30.2. The lowest BCUT2D eigenvalue weighted by Gasteiger charge is -2.36. The molecular formula is C20H25ClN4O3. The minimum absolute atomic E-state index is 0.0269. The van der Waals surface area contributed by atoms with Crippen LogP contribution in [0, 0.1) is 0 Å². The molecule has 1 saturated heterocycles. The van der Waals surface area contributed by atoms with Crippen LogP contribution in [-0.4, -0.2) is 67.9 Å². The van der Waals surface area contributed by atoms with Gasteiger partial charge in [-0.2, -0.15) is 0 Å². The fraction of sp³-hybridized carbons (Fsp3) is 0.400. The first-order valence-electron chi connectivity index (χ1n) is 9.28. The molecule has 1 aromatic heterocycles. The third-order valence-electron chi connectivity index (χ3n) is 4.77. The van der Waals surface area contributed by atoms with Gasteiger partial charge in [-0.05, 0) is 24.3 Å². The van der Waals surface area contributed by atoms with E-state index in [1.54, 1.807) is 25.4 Å². The topological polar surface area (TPSA) is 69.0 Å². The molecule has 1 fully saturated rings. The second kappa shape index (κ2) is 9.61. The van der Waals surface area contributed by atoms with Crippen molar-refractivity contribution in [2.75, 3.05) is 51.2 Å². The predicted octanol–water partition coefficient (Wildman–Crippen LogP) is 1.83. The number of benzene rings is 1. The summed E-state index contributed by atoms with van der Waals surface area (Å²) in [7, 11) is 1.65. The molecule has 7 nitrogen and oxygen atoms in total. The highest BCUT2D eigenvalue weighted by Gasteiger charge is 2.22. The lowest BCUT2D eigenvalue weighted by molar-refractivity contribution is -0.135. The summed E-state index contributed by atoms with van der Waals surface area (Å²) in [5.74, 6) is 0.397. The largest absolute Gasteiger partial charge is 0.467 e. The number of rotatable bonds is 7. The molecule has 1 aliphatic rings. The minimum Gasteiger partial charge on any atom is -0.467 e. The average molecular weight is 405 g/mol. The van der Waals surface area contributed by atoms with Crippen LogP contribution in [0.25, 0.3) is 0 Å². The minimum atomic E-state index is -0.212. The number of hydrogen-bond acceptors (Lipinski definition) is 5. The molecule has 2 amide bonds. The molecule has 150 valence electrons. The Morgan fingerprint density at radius 2 is 1.89 bits per heavy atom. The highest BCUT2D eigenvalue weighted by Crippen LogP contribution is 2.25. The number of carbonyl (C=O) groups excluding carboxylic acids is 2. The zero-order valence-electron chi connectivity index (χ0n) is 15.9. The number of halogens is 1. The van der Waals surface area contributed by atoms with Crippen molar-refractivity contribution < 1.29 is 14.0 Å². The summed E-state index contributed by atoms with van der Waals surface area (Å²) >= 11 is 6.27. The van der Waals surface area contributed by atoms with Crippen molar-refractivity contribution in [3.63, 3.8) is 0 Å². The Labute approximate surface area is 169 Å². The molecule has 0 saturated carbocycles. The van der Waals surface area contributed by atoms with Gasteiger partial charge in [0.15, 0.2) is 0 Å². The summed E-state index contributed by atoms with van der Waals surface area (Å²) in [6, 6.07) is 11.3. The Morgan fingerprint density at radius 3 is 2.57 bits per heavy atom. The number of piperazine rings is 1. The van der Waals surface area contributed by atoms with Crippen LogP contribution >= 0.6 is 11.6 Å². The van der Waals surface area contributed by atoms with Crippen LogP contribution in [0.3, 0.4) is 0 Å². The van der Waals surface area contributed by atoms with Gasteiger partial charge in [-0.25, -0.2) is 0 Å². The summed E-state index contributed by atoms with van der Waals surface area (Å²) in [5.41, 5.74) is 1.03. The first-order valence-corrected chi connectivity index (χ1v) is 9.65. The van der Waals surface area contributed by atoms with Crippen molar-refractivity contribution in [2.24, 2.45) is 0 Å². The number of hydrogen-bond donors (Lipinski definition) is 1. The fourth-order valence-electron chi connectivity index (χ4n) is 3.13. The van der Waals surface area contributed by atoms with E-state index in [4.69, 9.17) is 16.0 Å². The number of amides is 2. The fourth-order valence-corrected chi connectivity index (χ4v) is 3.38. The molecule has 2 heterocycles. The van der Waals surface area contributed by atoms with Gasteiger partial charge < -0.3 is 19.5 Å². The normalized spacial score (nSPS) is 14.7. The first-order chi connectivity index (χ1) is 13.5. The number of furan rings is 1. The smallest absolute Gasteiger partial charge is 0.239 e. The van der Waals surface area contributed by atoms with Crippen LogP contribution in [0.5, 0.6) is 0 Å². The van der Waals surface area contributed by atoms with Crippen LogP contribution in [0.1, 0.15) is 5.76 Å². The monoisotopic (exact) mass is 404 g/mol. The van der Waals surface area contributed by atoms with Gasteiger partial charge in [0.2, 0.25) is 11.8 Å². The second-order valence-electron chi connectivity index (χ2n) is 6.82. The van der Waals surface area contributed by atoms with E-state index >= 15 is 0 Å². The van der Waals surface area contributed by atoms with Gasteiger partial charge in [-0.3, -0.25) is 14.5 Å². The summed E-state index contributed by atoms with van der Waals surface area (Å²) in [6.07, 6.45) is 1.56. The molecule has 8 heteroatoms. The van der Waals surface area contributed by atoms with Crippen LogP contribution < -0.4 is 10.2 Å². The summed E-state index contributed by atoms with van der Waals surface area (Å²) < 4.78 is 5.17. The van der Waals surface area contributed by atoms with E-state index < -0.39 is 0 Å². The standard InChI is InChI=1S/C20H25ClN4O3/c1-23(14-19(26)22-13-16-5-4-12-28-16)20(27)15-24-8-10-25(11-9-24)18-7-3-2-6-17(18)21/h2-7,12H,8-11,13-15H2,1H3,(H,22,26). The molecule has 0 spiro atoms. The first kappa shape index (κ1) is 20.2. The average Bonchev–Trinajstić information content (AvgIpc) is 3.21. The third-order valence-corrected chi connectivity index (χ3v) is 5.09. The SMILES string of the molecule is CN(CC(=O)NCc1ccco1)C(=O)CN1CCN(c2ccccc2Cl)CC1. The zero-order chi connectivity index (χ0) is 19.9. The molecule has 1 N–H and O–H groups in total. The number of nitrogens with one attached hydrogen (secondary N) is 1. The number of carbonyl (C=O) groups is 2. The molecule has 28 heavy (non-hydrogen) atoms. The van der Waals surface area contributed by atoms with Gasteiger partial charge in [0.25, 0.3) is 0 Å². The second-order valence-corrected chi connectivity index (χ2v) is 7.23. The van der Waals surface area contributed by atoms with Gasteiger partial charge in [0.05, 0.1) is 36.6 Å². The lowest BCUT2D eigenvalue weighted by atomic mass is 10.2. The van der Waals surface area contributed by atoms with E-state index in [2.05, 4.69) is 15.1 Å². The maximum absolute atomic E-state index is 12.4. The molecule has 0 bridgehead atoms.